The molecule has 0 aromatic heterocycles. The van der Waals surface area contributed by atoms with E-state index in [2.05, 4.69) is 11.8 Å². The van der Waals surface area contributed by atoms with Gasteiger partial charge in [0.05, 0.1) is 6.61 Å². The molecule has 2 rings (SSSR count). The van der Waals surface area contributed by atoms with Gasteiger partial charge in [0.15, 0.2) is 0 Å². The second kappa shape index (κ2) is 4.08. The van der Waals surface area contributed by atoms with Crippen LogP contribution in [0.1, 0.15) is 5.56 Å². The van der Waals surface area contributed by atoms with Crippen LogP contribution in [0, 0.1) is 11.8 Å². The molecule has 0 spiro atoms. The van der Waals surface area contributed by atoms with Crippen LogP contribution in [0.25, 0.3) is 0 Å². The Morgan fingerprint density at radius 3 is 2.77 bits per heavy atom. The van der Waals surface area contributed by atoms with E-state index in [9.17, 15) is 0 Å². The van der Waals surface area contributed by atoms with E-state index in [1.165, 1.54) is 0 Å². The minimum absolute atomic E-state index is 0.0554. The molecule has 1 aliphatic rings. The third-order valence-corrected chi connectivity index (χ3v) is 1.77. The van der Waals surface area contributed by atoms with Crippen LogP contribution in [-0.4, -0.2) is 19.5 Å². The molecular weight excluding hydrogens is 164 g/mol. The van der Waals surface area contributed by atoms with E-state index in [0.29, 0.717) is 13.4 Å². The Hall–Kier alpha value is -1.30. The molecule has 2 heteroatoms. The van der Waals surface area contributed by atoms with Crippen LogP contribution >= 0.6 is 0 Å². The minimum Gasteiger partial charge on any atom is -0.352 e. The van der Waals surface area contributed by atoms with E-state index in [-0.39, 0.29) is 6.10 Å². The maximum Gasteiger partial charge on any atom is 0.148 e. The molecule has 1 aromatic rings. The van der Waals surface area contributed by atoms with Crippen molar-refractivity contribution in [2.45, 2.75) is 6.10 Å². The van der Waals surface area contributed by atoms with Crippen LogP contribution in [0.2, 0.25) is 0 Å². The lowest BCUT2D eigenvalue weighted by atomic mass is 10.2. The van der Waals surface area contributed by atoms with E-state index in [4.69, 9.17) is 9.47 Å². The Bertz CT molecular complexity index is 315. The Morgan fingerprint density at radius 1 is 1.23 bits per heavy atom. The van der Waals surface area contributed by atoms with Crippen molar-refractivity contribution in [2.24, 2.45) is 0 Å². The molecule has 1 aliphatic heterocycles. The summed E-state index contributed by atoms with van der Waals surface area (Å²) in [6.45, 7) is 0.952. The highest BCUT2D eigenvalue weighted by atomic mass is 16.7. The predicted octanol–water partition coefficient (Wildman–Crippen LogP) is 1.41. The average molecular weight is 174 g/mol. The van der Waals surface area contributed by atoms with Crippen molar-refractivity contribution >= 4 is 0 Å². The molecule has 1 fully saturated rings. The van der Waals surface area contributed by atoms with Crippen molar-refractivity contribution in [1.29, 1.82) is 0 Å². The third-order valence-electron chi connectivity index (χ3n) is 1.77. The fraction of sp³-hybridized carbons (Fsp3) is 0.273. The SMILES string of the molecule is C(#C[C@H]1COCO1)c1ccccc1. The lowest BCUT2D eigenvalue weighted by molar-refractivity contribution is 0.0589. The first-order chi connectivity index (χ1) is 6.45. The minimum atomic E-state index is -0.0554. The molecule has 1 saturated heterocycles. The lowest BCUT2D eigenvalue weighted by Gasteiger charge is -1.94. The van der Waals surface area contributed by atoms with Gasteiger partial charge in [0.1, 0.15) is 12.9 Å². The second-order valence-corrected chi connectivity index (χ2v) is 2.78. The van der Waals surface area contributed by atoms with Gasteiger partial charge in [-0.3, -0.25) is 0 Å². The molecule has 66 valence electrons. The van der Waals surface area contributed by atoms with Gasteiger partial charge in [-0.2, -0.15) is 0 Å². The first-order valence-corrected chi connectivity index (χ1v) is 4.21. The summed E-state index contributed by atoms with van der Waals surface area (Å²) in [4.78, 5) is 0. The summed E-state index contributed by atoms with van der Waals surface area (Å²) < 4.78 is 10.2. The first kappa shape index (κ1) is 8.31. The topological polar surface area (TPSA) is 18.5 Å². The highest BCUT2D eigenvalue weighted by Crippen LogP contribution is 2.02. The fourth-order valence-electron chi connectivity index (χ4n) is 1.10. The van der Waals surface area contributed by atoms with Gasteiger partial charge in [-0.05, 0) is 12.1 Å². The number of hydrogen-bond acceptors (Lipinski definition) is 2. The molecule has 0 saturated carbocycles. The molecule has 0 unspecified atom stereocenters. The molecule has 0 aliphatic carbocycles. The van der Waals surface area contributed by atoms with Gasteiger partial charge in [0, 0.05) is 5.56 Å². The zero-order chi connectivity index (χ0) is 8.93. The van der Waals surface area contributed by atoms with Crippen molar-refractivity contribution in [3.63, 3.8) is 0 Å². The number of benzene rings is 1. The molecule has 0 radical (unpaired) electrons. The largest absolute Gasteiger partial charge is 0.352 e. The summed E-state index contributed by atoms with van der Waals surface area (Å²) in [6.07, 6.45) is -0.0554. The molecule has 0 N–H and O–H groups in total. The molecule has 13 heavy (non-hydrogen) atoms. The fourth-order valence-corrected chi connectivity index (χ4v) is 1.10. The third kappa shape index (κ3) is 2.32. The van der Waals surface area contributed by atoms with Gasteiger partial charge in [-0.25, -0.2) is 0 Å². The molecular formula is C11H10O2. The van der Waals surface area contributed by atoms with E-state index in [1.807, 2.05) is 30.3 Å². The highest BCUT2D eigenvalue weighted by molar-refractivity contribution is 5.34. The van der Waals surface area contributed by atoms with E-state index in [1.54, 1.807) is 0 Å². The van der Waals surface area contributed by atoms with E-state index < -0.39 is 0 Å². The van der Waals surface area contributed by atoms with Crippen LogP contribution in [0.4, 0.5) is 0 Å². The summed E-state index contributed by atoms with van der Waals surface area (Å²) >= 11 is 0. The summed E-state index contributed by atoms with van der Waals surface area (Å²) in [7, 11) is 0. The Kier molecular flexibility index (Phi) is 2.61. The average Bonchev–Trinajstić information content (AvgIpc) is 2.69. The Balaban J connectivity index is 2.03. The standard InChI is InChI=1S/C11H10O2/c1-2-4-10(5-3-1)6-7-11-8-12-9-13-11/h1-5,11H,8-9H2/t11-/m0/s1. The molecule has 1 atom stereocenters. The summed E-state index contributed by atoms with van der Waals surface area (Å²) in [6, 6.07) is 9.86. The lowest BCUT2D eigenvalue weighted by Crippen LogP contribution is -2.04. The van der Waals surface area contributed by atoms with E-state index in [0.717, 1.165) is 5.56 Å². The number of hydrogen-bond donors (Lipinski definition) is 0. The van der Waals surface area contributed by atoms with Gasteiger partial charge in [0.2, 0.25) is 0 Å². The highest BCUT2D eigenvalue weighted by Gasteiger charge is 2.11. The van der Waals surface area contributed by atoms with Gasteiger partial charge in [0.25, 0.3) is 0 Å². The monoisotopic (exact) mass is 174 g/mol. The van der Waals surface area contributed by atoms with Crippen LogP contribution < -0.4 is 0 Å². The van der Waals surface area contributed by atoms with Crippen LogP contribution in [0.15, 0.2) is 30.3 Å². The molecule has 2 nitrogen and oxygen atoms in total. The quantitative estimate of drug-likeness (QED) is 0.554. The first-order valence-electron chi connectivity index (χ1n) is 4.21. The van der Waals surface area contributed by atoms with Crippen LogP contribution in [0.3, 0.4) is 0 Å². The second-order valence-electron chi connectivity index (χ2n) is 2.78. The normalized spacial score (nSPS) is 20.8. The van der Waals surface area contributed by atoms with Crippen molar-refractivity contribution in [2.75, 3.05) is 13.4 Å². The van der Waals surface area contributed by atoms with Crippen molar-refractivity contribution in [3.8, 4) is 11.8 Å². The van der Waals surface area contributed by atoms with E-state index >= 15 is 0 Å². The maximum absolute atomic E-state index is 5.18. The van der Waals surface area contributed by atoms with Crippen molar-refractivity contribution in [1.82, 2.24) is 0 Å². The van der Waals surface area contributed by atoms with Gasteiger partial charge in [-0.1, -0.05) is 30.0 Å². The zero-order valence-electron chi connectivity index (χ0n) is 7.19. The summed E-state index contributed by atoms with van der Waals surface area (Å²) in [5.41, 5.74) is 1.01. The number of rotatable bonds is 0. The molecule has 0 bridgehead atoms. The van der Waals surface area contributed by atoms with Crippen LogP contribution in [0.5, 0.6) is 0 Å². The smallest absolute Gasteiger partial charge is 0.148 e. The Morgan fingerprint density at radius 2 is 2.08 bits per heavy atom. The van der Waals surface area contributed by atoms with Gasteiger partial charge < -0.3 is 9.47 Å². The molecule has 1 aromatic carbocycles. The van der Waals surface area contributed by atoms with Crippen LogP contribution in [-0.2, 0) is 9.47 Å². The van der Waals surface area contributed by atoms with Crippen molar-refractivity contribution in [3.05, 3.63) is 35.9 Å². The summed E-state index contributed by atoms with van der Waals surface area (Å²) in [5, 5.41) is 0. The molecule has 1 heterocycles. The predicted molar refractivity (Wildman–Crippen MR) is 49.0 cm³/mol. The van der Waals surface area contributed by atoms with Crippen molar-refractivity contribution < 1.29 is 9.47 Å². The maximum atomic E-state index is 5.18. The van der Waals surface area contributed by atoms with Gasteiger partial charge in [-0.15, -0.1) is 0 Å². The summed E-state index contributed by atoms with van der Waals surface area (Å²) in [5.74, 6) is 6.03. The van der Waals surface area contributed by atoms with Gasteiger partial charge >= 0.3 is 0 Å². The number of ether oxygens (including phenoxy) is 2. The Labute approximate surface area is 77.5 Å². The zero-order valence-corrected chi connectivity index (χ0v) is 7.19. The molecule has 0 amide bonds.